The number of nitrogens with zero attached hydrogens (tertiary/aromatic N) is 1. The number of benzene rings is 1. The highest BCUT2D eigenvalue weighted by atomic mass is 19.1. The maximum Gasteiger partial charge on any atom is 0.195 e. The molecule has 1 aromatic rings. The Morgan fingerprint density at radius 1 is 1.50 bits per heavy atom. The van der Waals surface area contributed by atoms with Crippen molar-refractivity contribution < 1.29 is 14.2 Å². The Morgan fingerprint density at radius 3 is 2.64 bits per heavy atom. The van der Waals surface area contributed by atoms with E-state index >= 15 is 0 Å². The number of hydrogen-bond acceptors (Lipinski definition) is 3. The zero-order valence-corrected chi connectivity index (χ0v) is 7.91. The van der Waals surface area contributed by atoms with Gasteiger partial charge in [-0.15, -0.1) is 0 Å². The topological polar surface area (TPSA) is 53.2 Å². The smallest absolute Gasteiger partial charge is 0.195 e. The van der Waals surface area contributed by atoms with Gasteiger partial charge in [0, 0.05) is 0 Å². The lowest BCUT2D eigenvalue weighted by molar-refractivity contribution is 0.229. The van der Waals surface area contributed by atoms with Gasteiger partial charge in [0.25, 0.3) is 0 Å². The molecule has 0 aliphatic heterocycles. The van der Waals surface area contributed by atoms with Gasteiger partial charge in [0.05, 0.1) is 11.7 Å². The predicted octanol–water partition coefficient (Wildman–Crippen LogP) is 2.19. The molecule has 1 N–H and O–H groups in total. The van der Waals surface area contributed by atoms with Crippen LogP contribution >= 0.6 is 0 Å². The molecule has 0 spiro atoms. The Bertz CT molecular complexity index is 382. The summed E-state index contributed by atoms with van der Waals surface area (Å²) in [6, 6.07) is 4.27. The van der Waals surface area contributed by atoms with Crippen LogP contribution in [0.4, 0.5) is 4.39 Å². The summed E-state index contributed by atoms with van der Waals surface area (Å²) < 4.78 is 18.3. The summed E-state index contributed by atoms with van der Waals surface area (Å²) in [6.07, 6.45) is -0.159. The van der Waals surface area contributed by atoms with Crippen LogP contribution in [0.15, 0.2) is 12.1 Å². The fourth-order valence-corrected chi connectivity index (χ4v) is 0.982. The van der Waals surface area contributed by atoms with Crippen LogP contribution in [-0.2, 0) is 0 Å². The fraction of sp³-hybridized carbons (Fsp3) is 0.300. The number of ether oxygens (including phenoxy) is 1. The minimum absolute atomic E-state index is 0.0523. The van der Waals surface area contributed by atoms with Crippen molar-refractivity contribution in [2.45, 2.75) is 20.0 Å². The monoisotopic (exact) mass is 195 g/mol. The number of phenols is 1. The molecule has 3 nitrogen and oxygen atoms in total. The summed E-state index contributed by atoms with van der Waals surface area (Å²) in [4.78, 5) is 0. The second-order valence-electron chi connectivity index (χ2n) is 3.05. The van der Waals surface area contributed by atoms with Crippen molar-refractivity contribution in [3.8, 4) is 17.6 Å². The molecular formula is C10H10FNO2. The van der Waals surface area contributed by atoms with Gasteiger partial charge in [-0.05, 0) is 26.0 Å². The molecule has 0 fully saturated rings. The SMILES string of the molecule is CC(C)Oc1ccc(C#N)c(F)c1O. The molecule has 0 saturated carbocycles. The first-order valence-corrected chi connectivity index (χ1v) is 4.14. The Kier molecular flexibility index (Phi) is 2.92. The Morgan fingerprint density at radius 2 is 2.14 bits per heavy atom. The summed E-state index contributed by atoms with van der Waals surface area (Å²) in [7, 11) is 0. The summed E-state index contributed by atoms with van der Waals surface area (Å²) in [5, 5.41) is 17.8. The average Bonchev–Trinajstić information content (AvgIpc) is 2.13. The van der Waals surface area contributed by atoms with Crippen molar-refractivity contribution in [1.82, 2.24) is 0 Å². The second-order valence-corrected chi connectivity index (χ2v) is 3.05. The quantitative estimate of drug-likeness (QED) is 0.786. The third kappa shape index (κ3) is 1.94. The highest BCUT2D eigenvalue weighted by Crippen LogP contribution is 2.31. The molecule has 4 heteroatoms. The molecule has 0 unspecified atom stereocenters. The lowest BCUT2D eigenvalue weighted by atomic mass is 10.2. The van der Waals surface area contributed by atoms with Gasteiger partial charge < -0.3 is 9.84 Å². The van der Waals surface area contributed by atoms with E-state index in [1.165, 1.54) is 12.1 Å². The molecule has 0 heterocycles. The second kappa shape index (κ2) is 3.97. The number of rotatable bonds is 2. The van der Waals surface area contributed by atoms with Crippen LogP contribution in [0.3, 0.4) is 0 Å². The summed E-state index contributed by atoms with van der Waals surface area (Å²) >= 11 is 0. The van der Waals surface area contributed by atoms with E-state index in [-0.39, 0.29) is 17.4 Å². The van der Waals surface area contributed by atoms with Gasteiger partial charge in [-0.25, -0.2) is 4.39 Å². The van der Waals surface area contributed by atoms with Crippen LogP contribution in [0.25, 0.3) is 0 Å². The van der Waals surface area contributed by atoms with Gasteiger partial charge in [-0.3, -0.25) is 0 Å². The largest absolute Gasteiger partial charge is 0.502 e. The van der Waals surface area contributed by atoms with Crippen molar-refractivity contribution in [1.29, 1.82) is 5.26 Å². The molecule has 0 aliphatic rings. The maximum absolute atomic E-state index is 13.2. The molecule has 0 aromatic heterocycles. The van der Waals surface area contributed by atoms with Crippen LogP contribution in [0.1, 0.15) is 19.4 Å². The summed E-state index contributed by atoms with van der Waals surface area (Å²) in [5.74, 6) is -1.50. The zero-order valence-electron chi connectivity index (χ0n) is 7.91. The lowest BCUT2D eigenvalue weighted by Gasteiger charge is -2.11. The van der Waals surface area contributed by atoms with Gasteiger partial charge in [-0.2, -0.15) is 5.26 Å². The molecule has 0 aliphatic carbocycles. The molecule has 0 amide bonds. The van der Waals surface area contributed by atoms with E-state index in [0.29, 0.717) is 0 Å². The zero-order chi connectivity index (χ0) is 10.7. The van der Waals surface area contributed by atoms with Crippen molar-refractivity contribution >= 4 is 0 Å². The normalized spacial score (nSPS) is 9.93. The standard InChI is InChI=1S/C10H10FNO2/c1-6(2)14-8-4-3-7(5-12)9(11)10(8)13/h3-4,6,13H,1-2H3. The Hall–Kier alpha value is -1.76. The van der Waals surface area contributed by atoms with Gasteiger partial charge in [0.1, 0.15) is 6.07 Å². The highest BCUT2D eigenvalue weighted by Gasteiger charge is 2.13. The number of nitriles is 1. The van der Waals surface area contributed by atoms with E-state index in [0.717, 1.165) is 0 Å². The first kappa shape index (κ1) is 10.3. The van der Waals surface area contributed by atoms with Gasteiger partial charge in [0.15, 0.2) is 17.3 Å². The van der Waals surface area contributed by atoms with Gasteiger partial charge in [-0.1, -0.05) is 0 Å². The lowest BCUT2D eigenvalue weighted by Crippen LogP contribution is -2.06. The van der Waals surface area contributed by atoms with Gasteiger partial charge >= 0.3 is 0 Å². The molecule has 1 aromatic carbocycles. The highest BCUT2D eigenvalue weighted by molar-refractivity contribution is 5.47. The first-order valence-electron chi connectivity index (χ1n) is 4.14. The van der Waals surface area contributed by atoms with Crippen molar-refractivity contribution in [2.24, 2.45) is 0 Å². The van der Waals surface area contributed by atoms with Crippen LogP contribution < -0.4 is 4.74 Å². The van der Waals surface area contributed by atoms with Crippen LogP contribution in [0.5, 0.6) is 11.5 Å². The third-order valence-electron chi connectivity index (χ3n) is 1.56. The van der Waals surface area contributed by atoms with E-state index in [4.69, 9.17) is 10.00 Å². The van der Waals surface area contributed by atoms with E-state index in [9.17, 15) is 9.50 Å². The maximum atomic E-state index is 13.2. The fourth-order valence-electron chi connectivity index (χ4n) is 0.982. The number of hydrogen-bond donors (Lipinski definition) is 1. The third-order valence-corrected chi connectivity index (χ3v) is 1.56. The van der Waals surface area contributed by atoms with Crippen molar-refractivity contribution in [3.05, 3.63) is 23.5 Å². The van der Waals surface area contributed by atoms with Crippen molar-refractivity contribution in [2.75, 3.05) is 0 Å². The molecule has 0 saturated heterocycles. The molecule has 74 valence electrons. The van der Waals surface area contributed by atoms with Crippen LogP contribution in [-0.4, -0.2) is 11.2 Å². The molecule has 0 bridgehead atoms. The average molecular weight is 195 g/mol. The number of aromatic hydroxyl groups is 1. The number of phenolic OH excluding ortho intramolecular Hbond substituents is 1. The predicted molar refractivity (Wildman–Crippen MR) is 48.5 cm³/mol. The Balaban J connectivity index is 3.12. The van der Waals surface area contributed by atoms with E-state index in [1.54, 1.807) is 19.9 Å². The molecule has 0 radical (unpaired) electrons. The summed E-state index contributed by atoms with van der Waals surface area (Å²) in [5.41, 5.74) is -0.196. The van der Waals surface area contributed by atoms with Crippen LogP contribution in [0, 0.1) is 17.1 Å². The molecule has 0 atom stereocenters. The van der Waals surface area contributed by atoms with Crippen molar-refractivity contribution in [3.63, 3.8) is 0 Å². The number of halogens is 1. The molecule has 1 rings (SSSR count). The minimum Gasteiger partial charge on any atom is -0.502 e. The molecular weight excluding hydrogens is 185 g/mol. The molecule has 14 heavy (non-hydrogen) atoms. The first-order chi connectivity index (χ1) is 6.56. The Labute approximate surface area is 81.4 Å². The van der Waals surface area contributed by atoms with E-state index in [2.05, 4.69) is 0 Å². The van der Waals surface area contributed by atoms with E-state index < -0.39 is 11.6 Å². The van der Waals surface area contributed by atoms with Crippen LogP contribution in [0.2, 0.25) is 0 Å². The minimum atomic E-state index is -0.939. The summed E-state index contributed by atoms with van der Waals surface area (Å²) in [6.45, 7) is 3.52. The van der Waals surface area contributed by atoms with E-state index in [1.807, 2.05) is 0 Å². The van der Waals surface area contributed by atoms with Gasteiger partial charge in [0.2, 0.25) is 0 Å².